The Balaban J connectivity index is 2.36. The second-order valence-corrected chi connectivity index (χ2v) is 4.75. The lowest BCUT2D eigenvalue weighted by Crippen LogP contribution is -2.12. The third-order valence-electron chi connectivity index (χ3n) is 2.40. The van der Waals surface area contributed by atoms with E-state index < -0.39 is 11.7 Å². The molecular formula is C10H10F3N5S. The van der Waals surface area contributed by atoms with Crippen molar-refractivity contribution in [3.63, 3.8) is 0 Å². The van der Waals surface area contributed by atoms with Crippen LogP contribution in [0.15, 0.2) is 28.3 Å². The number of halogens is 3. The average Bonchev–Trinajstić information content (AvgIpc) is 2.74. The molecule has 1 aromatic carbocycles. The fourth-order valence-electron chi connectivity index (χ4n) is 1.47. The molecule has 0 spiro atoms. The van der Waals surface area contributed by atoms with Gasteiger partial charge in [0.05, 0.1) is 5.56 Å². The number of aromatic nitrogens is 4. The van der Waals surface area contributed by atoms with Crippen molar-refractivity contribution < 1.29 is 13.2 Å². The summed E-state index contributed by atoms with van der Waals surface area (Å²) in [4.78, 5) is 0.405. The molecule has 0 aliphatic heterocycles. The van der Waals surface area contributed by atoms with Crippen molar-refractivity contribution in [2.24, 2.45) is 12.8 Å². The number of aryl methyl sites for hydroxylation is 1. The van der Waals surface area contributed by atoms with Crippen LogP contribution in [0, 0.1) is 0 Å². The fourth-order valence-corrected chi connectivity index (χ4v) is 2.24. The van der Waals surface area contributed by atoms with Crippen molar-refractivity contribution in [1.29, 1.82) is 0 Å². The molecule has 1 aromatic heterocycles. The summed E-state index contributed by atoms with van der Waals surface area (Å²) in [6.45, 7) is -0.161. The van der Waals surface area contributed by atoms with E-state index in [4.69, 9.17) is 5.73 Å². The Bertz CT molecular complexity index is 581. The van der Waals surface area contributed by atoms with Gasteiger partial charge in [-0.3, -0.25) is 0 Å². The van der Waals surface area contributed by atoms with Gasteiger partial charge in [-0.25, -0.2) is 4.68 Å². The minimum Gasteiger partial charge on any atom is -0.326 e. The highest BCUT2D eigenvalue weighted by Crippen LogP contribution is 2.35. The second kappa shape index (κ2) is 5.17. The predicted octanol–water partition coefficient (Wildman–Crippen LogP) is 1.84. The van der Waals surface area contributed by atoms with Gasteiger partial charge in [-0.1, -0.05) is 6.07 Å². The number of alkyl halides is 3. The van der Waals surface area contributed by atoms with E-state index in [0.717, 1.165) is 17.8 Å². The molecule has 1 heterocycles. The van der Waals surface area contributed by atoms with Gasteiger partial charge >= 0.3 is 6.18 Å². The monoisotopic (exact) mass is 289 g/mol. The quantitative estimate of drug-likeness (QED) is 0.933. The number of hydrogen-bond acceptors (Lipinski definition) is 5. The molecule has 0 amide bonds. The summed E-state index contributed by atoms with van der Waals surface area (Å²) < 4.78 is 40.0. The van der Waals surface area contributed by atoms with E-state index in [-0.39, 0.29) is 12.1 Å². The Kier molecular flexibility index (Phi) is 3.76. The first-order valence-electron chi connectivity index (χ1n) is 5.22. The molecule has 0 bridgehead atoms. The standard InChI is InChI=1S/C10H10F3N5S/c1-18-9(15-16-17-18)19-7-3-2-6(5-14)8(4-7)10(11,12)13/h2-4H,5,14H2,1H3. The van der Waals surface area contributed by atoms with Crippen LogP contribution in [0.25, 0.3) is 0 Å². The van der Waals surface area contributed by atoms with E-state index in [2.05, 4.69) is 15.5 Å². The molecule has 0 fully saturated rings. The molecule has 0 atom stereocenters. The molecule has 2 N–H and O–H groups in total. The molecular weight excluding hydrogens is 279 g/mol. The molecule has 0 saturated heterocycles. The first kappa shape index (κ1) is 13.8. The molecule has 5 nitrogen and oxygen atoms in total. The lowest BCUT2D eigenvalue weighted by molar-refractivity contribution is -0.138. The first-order valence-corrected chi connectivity index (χ1v) is 6.04. The molecule has 0 aliphatic carbocycles. The number of hydrogen-bond donors (Lipinski definition) is 1. The summed E-state index contributed by atoms with van der Waals surface area (Å²) in [7, 11) is 1.61. The van der Waals surface area contributed by atoms with E-state index in [1.54, 1.807) is 13.1 Å². The van der Waals surface area contributed by atoms with Gasteiger partial charge in [0.25, 0.3) is 0 Å². The Morgan fingerprint density at radius 2 is 2.11 bits per heavy atom. The van der Waals surface area contributed by atoms with Crippen LogP contribution in [0.3, 0.4) is 0 Å². The van der Waals surface area contributed by atoms with Gasteiger partial charge in [0.2, 0.25) is 5.16 Å². The van der Waals surface area contributed by atoms with Crippen LogP contribution >= 0.6 is 11.8 Å². The maximum absolute atomic E-state index is 12.9. The zero-order valence-electron chi connectivity index (χ0n) is 9.85. The van der Waals surface area contributed by atoms with Crippen LogP contribution in [0.2, 0.25) is 0 Å². The van der Waals surface area contributed by atoms with Gasteiger partial charge in [0.1, 0.15) is 0 Å². The SMILES string of the molecule is Cn1nnnc1Sc1ccc(CN)c(C(F)(F)F)c1. The number of rotatable bonds is 3. The van der Waals surface area contributed by atoms with E-state index >= 15 is 0 Å². The van der Waals surface area contributed by atoms with Crippen LogP contribution in [0.1, 0.15) is 11.1 Å². The Hall–Kier alpha value is -1.61. The summed E-state index contributed by atoms with van der Waals surface area (Å²) in [6.07, 6.45) is -4.43. The highest BCUT2D eigenvalue weighted by Gasteiger charge is 2.33. The third kappa shape index (κ3) is 3.04. The largest absolute Gasteiger partial charge is 0.416 e. The minimum atomic E-state index is -4.43. The first-order chi connectivity index (χ1) is 8.91. The average molecular weight is 289 g/mol. The molecule has 19 heavy (non-hydrogen) atoms. The maximum atomic E-state index is 12.9. The van der Waals surface area contributed by atoms with Crippen LogP contribution in [-0.4, -0.2) is 20.2 Å². The second-order valence-electron chi connectivity index (χ2n) is 3.71. The molecule has 0 radical (unpaired) electrons. The van der Waals surface area contributed by atoms with Crippen molar-refractivity contribution >= 4 is 11.8 Å². The molecule has 2 rings (SSSR count). The Morgan fingerprint density at radius 3 is 2.63 bits per heavy atom. The van der Waals surface area contributed by atoms with Crippen LogP contribution in [0.4, 0.5) is 13.2 Å². The van der Waals surface area contributed by atoms with E-state index in [1.807, 2.05) is 0 Å². The maximum Gasteiger partial charge on any atom is 0.416 e. The topological polar surface area (TPSA) is 69.6 Å². The molecule has 0 saturated carbocycles. The smallest absolute Gasteiger partial charge is 0.326 e. The summed E-state index contributed by atoms with van der Waals surface area (Å²) >= 11 is 1.06. The van der Waals surface area contributed by atoms with Gasteiger partial charge in [-0.15, -0.1) is 5.10 Å². The molecule has 2 aromatic rings. The van der Waals surface area contributed by atoms with Crippen LogP contribution in [-0.2, 0) is 19.8 Å². The summed E-state index contributed by atoms with van der Waals surface area (Å²) in [5, 5.41) is 11.1. The summed E-state index contributed by atoms with van der Waals surface area (Å²) in [6, 6.07) is 3.99. The zero-order valence-corrected chi connectivity index (χ0v) is 10.7. The van der Waals surface area contributed by atoms with Crippen LogP contribution in [0.5, 0.6) is 0 Å². The summed E-state index contributed by atoms with van der Waals surface area (Å²) in [5.41, 5.74) is 4.65. The normalized spacial score (nSPS) is 11.8. The fraction of sp³-hybridized carbons (Fsp3) is 0.300. The lowest BCUT2D eigenvalue weighted by atomic mass is 10.1. The Labute approximate surface area is 111 Å². The number of benzene rings is 1. The number of nitrogens with two attached hydrogens (primary N) is 1. The summed E-state index contributed by atoms with van der Waals surface area (Å²) in [5.74, 6) is 0. The van der Waals surface area contributed by atoms with Gasteiger partial charge in [0.15, 0.2) is 0 Å². The predicted molar refractivity (Wildman–Crippen MR) is 62.3 cm³/mol. The van der Waals surface area contributed by atoms with Gasteiger partial charge in [-0.05, 0) is 39.9 Å². The highest BCUT2D eigenvalue weighted by atomic mass is 32.2. The highest BCUT2D eigenvalue weighted by molar-refractivity contribution is 7.99. The van der Waals surface area contributed by atoms with Gasteiger partial charge < -0.3 is 5.73 Å². The van der Waals surface area contributed by atoms with Crippen LogP contribution < -0.4 is 5.73 Å². The van der Waals surface area contributed by atoms with Gasteiger partial charge in [0, 0.05) is 18.5 Å². The molecule has 0 unspecified atom stereocenters. The van der Waals surface area contributed by atoms with Crippen molar-refractivity contribution in [3.05, 3.63) is 29.3 Å². The lowest BCUT2D eigenvalue weighted by Gasteiger charge is -2.12. The number of tetrazole rings is 1. The van der Waals surface area contributed by atoms with E-state index in [1.165, 1.54) is 10.7 Å². The van der Waals surface area contributed by atoms with Crippen molar-refractivity contribution in [3.8, 4) is 0 Å². The molecule has 9 heteroatoms. The van der Waals surface area contributed by atoms with Crippen molar-refractivity contribution in [1.82, 2.24) is 20.2 Å². The van der Waals surface area contributed by atoms with Gasteiger partial charge in [-0.2, -0.15) is 13.2 Å². The van der Waals surface area contributed by atoms with Crippen molar-refractivity contribution in [2.75, 3.05) is 0 Å². The minimum absolute atomic E-state index is 0.0629. The number of nitrogens with zero attached hydrogens (tertiary/aromatic N) is 4. The molecule has 102 valence electrons. The van der Waals surface area contributed by atoms with E-state index in [9.17, 15) is 13.2 Å². The zero-order chi connectivity index (χ0) is 14.0. The molecule has 0 aliphatic rings. The third-order valence-corrected chi connectivity index (χ3v) is 3.42. The Morgan fingerprint density at radius 1 is 1.37 bits per heavy atom. The van der Waals surface area contributed by atoms with E-state index in [0.29, 0.717) is 10.1 Å². The van der Waals surface area contributed by atoms with Crippen molar-refractivity contribution in [2.45, 2.75) is 22.8 Å².